The maximum Gasteiger partial charge on any atom is 0.243 e. The van der Waals surface area contributed by atoms with E-state index < -0.39 is 11.6 Å². The lowest BCUT2D eigenvalue weighted by Gasteiger charge is -2.11. The Hall–Kier alpha value is -2.34. The van der Waals surface area contributed by atoms with Crippen molar-refractivity contribution in [2.75, 3.05) is 24.3 Å². The summed E-state index contributed by atoms with van der Waals surface area (Å²) in [7, 11) is 1.47. The van der Waals surface area contributed by atoms with Gasteiger partial charge in [0.05, 0.1) is 19.3 Å². The topological polar surface area (TPSA) is 50.4 Å². The number of anilines is 2. The molecular weight excluding hydrogens is 314 g/mol. The number of halogens is 3. The SMILES string of the molecule is COc1ccc(Cl)cc1NC(=O)CNc1ccc(F)c(F)c1. The van der Waals surface area contributed by atoms with E-state index in [4.69, 9.17) is 16.3 Å². The second kappa shape index (κ2) is 7.09. The molecule has 22 heavy (non-hydrogen) atoms. The number of carbonyl (C=O) groups is 1. The average Bonchev–Trinajstić information content (AvgIpc) is 2.49. The molecule has 0 heterocycles. The molecule has 2 rings (SSSR count). The number of rotatable bonds is 5. The first-order chi connectivity index (χ1) is 10.5. The number of nitrogens with one attached hydrogen (secondary N) is 2. The van der Waals surface area contributed by atoms with Crippen molar-refractivity contribution >= 4 is 28.9 Å². The van der Waals surface area contributed by atoms with Gasteiger partial charge in [0.1, 0.15) is 5.75 Å². The fraction of sp³-hybridized carbons (Fsp3) is 0.133. The van der Waals surface area contributed by atoms with Crippen LogP contribution in [-0.2, 0) is 4.79 Å². The van der Waals surface area contributed by atoms with Gasteiger partial charge in [0, 0.05) is 16.8 Å². The van der Waals surface area contributed by atoms with Gasteiger partial charge in [-0.15, -0.1) is 0 Å². The summed E-state index contributed by atoms with van der Waals surface area (Å²) in [6.07, 6.45) is 0. The van der Waals surface area contributed by atoms with Gasteiger partial charge in [-0.3, -0.25) is 4.79 Å². The van der Waals surface area contributed by atoms with Crippen molar-refractivity contribution in [3.63, 3.8) is 0 Å². The summed E-state index contributed by atoms with van der Waals surface area (Å²) in [5.41, 5.74) is 0.721. The smallest absolute Gasteiger partial charge is 0.243 e. The number of hydrogen-bond acceptors (Lipinski definition) is 3. The number of ether oxygens (including phenoxy) is 1. The molecule has 7 heteroatoms. The Kier molecular flexibility index (Phi) is 5.16. The maximum atomic E-state index is 13.0. The molecule has 0 fully saturated rings. The highest BCUT2D eigenvalue weighted by molar-refractivity contribution is 6.31. The highest BCUT2D eigenvalue weighted by Crippen LogP contribution is 2.27. The number of carbonyl (C=O) groups excluding carboxylic acids is 1. The molecule has 2 aromatic rings. The molecule has 2 N–H and O–H groups in total. The van der Waals surface area contributed by atoms with Gasteiger partial charge in [0.15, 0.2) is 11.6 Å². The van der Waals surface area contributed by atoms with Crippen LogP contribution in [0.2, 0.25) is 5.02 Å². The molecule has 116 valence electrons. The maximum absolute atomic E-state index is 13.0. The number of amides is 1. The Labute approximate surface area is 131 Å². The largest absolute Gasteiger partial charge is 0.495 e. The monoisotopic (exact) mass is 326 g/mol. The van der Waals surface area contributed by atoms with E-state index in [0.29, 0.717) is 22.1 Å². The van der Waals surface area contributed by atoms with Crippen LogP contribution in [0.15, 0.2) is 36.4 Å². The molecule has 0 unspecified atom stereocenters. The van der Waals surface area contributed by atoms with Gasteiger partial charge in [-0.2, -0.15) is 0 Å². The van der Waals surface area contributed by atoms with E-state index in [1.165, 1.54) is 13.2 Å². The van der Waals surface area contributed by atoms with Crippen molar-refractivity contribution in [1.29, 1.82) is 0 Å². The Balaban J connectivity index is 1.98. The second-order valence-electron chi connectivity index (χ2n) is 4.38. The first kappa shape index (κ1) is 16.0. The van der Waals surface area contributed by atoms with E-state index in [9.17, 15) is 13.6 Å². The van der Waals surface area contributed by atoms with Gasteiger partial charge in [-0.25, -0.2) is 8.78 Å². The van der Waals surface area contributed by atoms with Crippen molar-refractivity contribution in [3.8, 4) is 5.75 Å². The molecule has 4 nitrogen and oxygen atoms in total. The van der Waals surface area contributed by atoms with Crippen LogP contribution in [0.3, 0.4) is 0 Å². The molecule has 0 aromatic heterocycles. The highest BCUT2D eigenvalue weighted by Gasteiger charge is 2.09. The molecule has 0 bridgehead atoms. The molecule has 0 aliphatic carbocycles. The third-order valence-electron chi connectivity index (χ3n) is 2.81. The summed E-state index contributed by atoms with van der Waals surface area (Å²) in [6.45, 7) is -0.124. The Bertz CT molecular complexity index is 695. The number of methoxy groups -OCH3 is 1. The van der Waals surface area contributed by atoms with Crippen molar-refractivity contribution < 1.29 is 18.3 Å². The van der Waals surface area contributed by atoms with Crippen LogP contribution >= 0.6 is 11.6 Å². The van der Waals surface area contributed by atoms with Crippen molar-refractivity contribution in [3.05, 3.63) is 53.1 Å². The minimum atomic E-state index is -0.984. The molecule has 0 atom stereocenters. The second-order valence-corrected chi connectivity index (χ2v) is 4.81. The zero-order valence-corrected chi connectivity index (χ0v) is 12.4. The Morgan fingerprint density at radius 2 is 1.95 bits per heavy atom. The fourth-order valence-corrected chi connectivity index (χ4v) is 1.93. The van der Waals surface area contributed by atoms with Gasteiger partial charge in [-0.05, 0) is 30.3 Å². The third kappa shape index (κ3) is 4.08. The molecular formula is C15H13ClF2N2O2. The van der Waals surface area contributed by atoms with Gasteiger partial charge < -0.3 is 15.4 Å². The lowest BCUT2D eigenvalue weighted by molar-refractivity contribution is -0.114. The quantitative estimate of drug-likeness (QED) is 0.881. The fourth-order valence-electron chi connectivity index (χ4n) is 1.76. The molecule has 0 aliphatic rings. The lowest BCUT2D eigenvalue weighted by atomic mass is 10.3. The van der Waals surface area contributed by atoms with Crippen LogP contribution in [0, 0.1) is 11.6 Å². The lowest BCUT2D eigenvalue weighted by Crippen LogP contribution is -2.22. The Morgan fingerprint density at radius 1 is 1.18 bits per heavy atom. The van der Waals surface area contributed by atoms with Gasteiger partial charge in [-0.1, -0.05) is 11.6 Å². The standard InChI is InChI=1S/C15H13ClF2N2O2/c1-22-14-5-2-9(16)6-13(14)20-15(21)8-19-10-3-4-11(17)12(18)7-10/h2-7,19H,8H2,1H3,(H,20,21). The van der Waals surface area contributed by atoms with E-state index in [0.717, 1.165) is 12.1 Å². The summed E-state index contributed by atoms with van der Waals surface area (Å²) in [5, 5.41) is 5.76. The van der Waals surface area contributed by atoms with E-state index >= 15 is 0 Å². The van der Waals surface area contributed by atoms with E-state index in [-0.39, 0.29) is 12.5 Å². The average molecular weight is 327 g/mol. The van der Waals surface area contributed by atoms with E-state index in [1.54, 1.807) is 18.2 Å². The van der Waals surface area contributed by atoms with E-state index in [1.807, 2.05) is 0 Å². The summed E-state index contributed by atoms with van der Waals surface area (Å²) >= 11 is 5.86. The van der Waals surface area contributed by atoms with Crippen molar-refractivity contribution in [1.82, 2.24) is 0 Å². The normalized spacial score (nSPS) is 10.2. The first-order valence-corrected chi connectivity index (χ1v) is 6.69. The third-order valence-corrected chi connectivity index (χ3v) is 3.04. The molecule has 0 saturated carbocycles. The van der Waals surface area contributed by atoms with Crippen LogP contribution in [-0.4, -0.2) is 19.6 Å². The highest BCUT2D eigenvalue weighted by atomic mass is 35.5. The van der Waals surface area contributed by atoms with Crippen LogP contribution in [0.4, 0.5) is 20.2 Å². The van der Waals surface area contributed by atoms with Crippen LogP contribution in [0.5, 0.6) is 5.75 Å². The first-order valence-electron chi connectivity index (χ1n) is 6.32. The van der Waals surface area contributed by atoms with Crippen molar-refractivity contribution in [2.24, 2.45) is 0 Å². The summed E-state index contributed by atoms with van der Waals surface area (Å²) in [4.78, 5) is 11.9. The van der Waals surface area contributed by atoms with Gasteiger partial charge >= 0.3 is 0 Å². The molecule has 0 radical (unpaired) electrons. The van der Waals surface area contributed by atoms with Crippen LogP contribution in [0.1, 0.15) is 0 Å². The minimum Gasteiger partial charge on any atom is -0.495 e. The van der Waals surface area contributed by atoms with Crippen molar-refractivity contribution in [2.45, 2.75) is 0 Å². The summed E-state index contributed by atoms with van der Waals surface area (Å²) in [6, 6.07) is 8.11. The zero-order valence-electron chi connectivity index (χ0n) is 11.6. The molecule has 0 spiro atoms. The van der Waals surface area contributed by atoms with Gasteiger partial charge in [0.25, 0.3) is 0 Å². The zero-order chi connectivity index (χ0) is 16.1. The predicted molar refractivity (Wildman–Crippen MR) is 81.5 cm³/mol. The number of benzene rings is 2. The molecule has 2 aromatic carbocycles. The minimum absolute atomic E-state index is 0.124. The number of hydrogen-bond donors (Lipinski definition) is 2. The predicted octanol–water partition coefficient (Wildman–Crippen LogP) is 3.68. The summed E-state index contributed by atoms with van der Waals surface area (Å²) in [5.74, 6) is -1.85. The molecule has 0 aliphatic heterocycles. The van der Waals surface area contributed by atoms with Crippen LogP contribution < -0.4 is 15.4 Å². The molecule has 1 amide bonds. The molecule has 0 saturated heterocycles. The van der Waals surface area contributed by atoms with Gasteiger partial charge in [0.2, 0.25) is 5.91 Å². The van der Waals surface area contributed by atoms with Crippen LogP contribution in [0.25, 0.3) is 0 Å². The summed E-state index contributed by atoms with van der Waals surface area (Å²) < 4.78 is 31.0. The van der Waals surface area contributed by atoms with E-state index in [2.05, 4.69) is 10.6 Å². The Morgan fingerprint density at radius 3 is 2.64 bits per heavy atom.